The van der Waals surface area contributed by atoms with Gasteiger partial charge in [0, 0.05) is 43.8 Å². The highest BCUT2D eigenvalue weighted by atomic mass is 32.2. The van der Waals surface area contributed by atoms with Gasteiger partial charge in [-0.25, -0.2) is 13.4 Å². The van der Waals surface area contributed by atoms with Crippen molar-refractivity contribution in [2.24, 2.45) is 13.0 Å². The molecule has 2 N–H and O–H groups in total. The van der Waals surface area contributed by atoms with Gasteiger partial charge < -0.3 is 14.9 Å². The maximum atomic E-state index is 12.8. The first kappa shape index (κ1) is 18.7. The number of rotatable bonds is 5. The maximum Gasteiger partial charge on any atom is 0.267 e. The van der Waals surface area contributed by atoms with Crippen LogP contribution in [0.25, 0.3) is 10.9 Å². The van der Waals surface area contributed by atoms with Crippen molar-refractivity contribution in [3.8, 4) is 0 Å². The van der Waals surface area contributed by atoms with E-state index in [0.717, 1.165) is 23.7 Å². The molecule has 1 aliphatic rings. The number of carbonyl (C=O) groups is 1. The van der Waals surface area contributed by atoms with Crippen molar-refractivity contribution in [3.05, 3.63) is 48.5 Å². The topological polar surface area (TPSA) is 100 Å². The van der Waals surface area contributed by atoms with E-state index in [4.69, 9.17) is 0 Å². The average molecular weight is 401 g/mol. The molecule has 2 aromatic heterocycles. The largest absolute Gasteiger partial charge is 0.351 e. The summed E-state index contributed by atoms with van der Waals surface area (Å²) < 4.78 is 28.6. The first-order valence-corrected chi connectivity index (χ1v) is 10.7. The maximum absolute atomic E-state index is 12.8. The van der Waals surface area contributed by atoms with Crippen LogP contribution in [0.4, 0.5) is 0 Å². The number of para-hydroxylation sites is 1. The molecule has 1 atom stereocenters. The van der Waals surface area contributed by atoms with E-state index in [1.165, 1.54) is 16.8 Å². The van der Waals surface area contributed by atoms with E-state index in [-0.39, 0.29) is 16.9 Å². The highest BCUT2D eigenvalue weighted by Gasteiger charge is 2.31. The average Bonchev–Trinajstić information content (AvgIpc) is 3.33. The third-order valence-corrected chi connectivity index (χ3v) is 6.84. The summed E-state index contributed by atoms with van der Waals surface area (Å²) >= 11 is 0. The van der Waals surface area contributed by atoms with Gasteiger partial charge >= 0.3 is 0 Å². The second-order valence-electron chi connectivity index (χ2n) is 7.23. The van der Waals surface area contributed by atoms with Gasteiger partial charge in [0.05, 0.1) is 6.33 Å². The molecule has 1 fully saturated rings. The van der Waals surface area contributed by atoms with Crippen molar-refractivity contribution in [2.75, 3.05) is 19.6 Å². The summed E-state index contributed by atoms with van der Waals surface area (Å²) in [5, 5.41) is 3.99. The summed E-state index contributed by atoms with van der Waals surface area (Å²) in [6.45, 7) is 1.29. The highest BCUT2D eigenvalue weighted by Crippen LogP contribution is 2.22. The molecule has 148 valence electrons. The molecule has 1 aromatic carbocycles. The third kappa shape index (κ3) is 3.67. The van der Waals surface area contributed by atoms with E-state index in [1.54, 1.807) is 11.6 Å². The van der Waals surface area contributed by atoms with E-state index in [9.17, 15) is 13.2 Å². The molecule has 0 bridgehead atoms. The van der Waals surface area contributed by atoms with Crippen LogP contribution in [0, 0.1) is 5.92 Å². The Labute approximate surface area is 163 Å². The van der Waals surface area contributed by atoms with Gasteiger partial charge in [-0.1, -0.05) is 18.2 Å². The van der Waals surface area contributed by atoms with Crippen molar-refractivity contribution in [3.63, 3.8) is 0 Å². The number of hydrogen-bond acceptors (Lipinski definition) is 4. The third-order valence-electron chi connectivity index (χ3n) is 5.09. The number of sulfonamides is 1. The number of piperidine rings is 1. The number of H-pyrrole nitrogens is 1. The van der Waals surface area contributed by atoms with Crippen LogP contribution in [0.3, 0.4) is 0 Å². The van der Waals surface area contributed by atoms with Gasteiger partial charge in [0.25, 0.3) is 15.9 Å². The fraction of sp³-hybridized carbons (Fsp3) is 0.368. The van der Waals surface area contributed by atoms with Crippen LogP contribution in [0.5, 0.6) is 0 Å². The van der Waals surface area contributed by atoms with E-state index in [1.807, 2.05) is 30.3 Å². The Morgan fingerprint density at radius 3 is 2.93 bits per heavy atom. The number of imidazole rings is 1. The van der Waals surface area contributed by atoms with Crippen LogP contribution < -0.4 is 5.32 Å². The predicted octanol–water partition coefficient (Wildman–Crippen LogP) is 1.73. The fourth-order valence-corrected chi connectivity index (χ4v) is 5.11. The minimum atomic E-state index is -3.60. The number of nitrogens with zero attached hydrogens (tertiary/aromatic N) is 3. The molecule has 4 rings (SSSR count). The number of carbonyl (C=O) groups excluding carboxylic acids is 1. The van der Waals surface area contributed by atoms with Gasteiger partial charge in [0.1, 0.15) is 5.69 Å². The van der Waals surface area contributed by atoms with Crippen molar-refractivity contribution in [2.45, 2.75) is 17.9 Å². The SMILES string of the molecule is Cn1cnc(S(=O)(=O)N2CCCC(CNC(=O)c3cc4ccccc4[nH]3)C2)c1. The summed E-state index contributed by atoms with van der Waals surface area (Å²) in [5.41, 5.74) is 1.42. The molecule has 1 amide bonds. The zero-order chi connectivity index (χ0) is 19.7. The first-order chi connectivity index (χ1) is 13.4. The molecule has 1 aliphatic heterocycles. The van der Waals surface area contributed by atoms with Crippen molar-refractivity contribution < 1.29 is 13.2 Å². The van der Waals surface area contributed by atoms with Crippen molar-refractivity contribution in [1.82, 2.24) is 24.2 Å². The molecular formula is C19H23N5O3S. The van der Waals surface area contributed by atoms with E-state index >= 15 is 0 Å². The predicted molar refractivity (Wildman–Crippen MR) is 105 cm³/mol. The quantitative estimate of drug-likeness (QED) is 0.680. The number of hydrogen-bond donors (Lipinski definition) is 2. The van der Waals surface area contributed by atoms with E-state index in [0.29, 0.717) is 25.3 Å². The molecule has 9 heteroatoms. The molecule has 0 saturated carbocycles. The van der Waals surface area contributed by atoms with Crippen LogP contribution in [0.15, 0.2) is 47.9 Å². The molecular weight excluding hydrogens is 378 g/mol. The summed E-state index contributed by atoms with van der Waals surface area (Å²) in [5.74, 6) is -0.110. The summed E-state index contributed by atoms with van der Waals surface area (Å²) in [6.07, 6.45) is 4.63. The van der Waals surface area contributed by atoms with Crippen LogP contribution in [0.1, 0.15) is 23.3 Å². The van der Waals surface area contributed by atoms with Gasteiger partial charge in [0.2, 0.25) is 0 Å². The lowest BCUT2D eigenvalue weighted by Gasteiger charge is -2.31. The Hall–Kier alpha value is -2.65. The summed E-state index contributed by atoms with van der Waals surface area (Å²) in [6, 6.07) is 9.54. The van der Waals surface area contributed by atoms with Crippen LogP contribution in [-0.2, 0) is 17.1 Å². The highest BCUT2D eigenvalue weighted by molar-refractivity contribution is 7.89. The lowest BCUT2D eigenvalue weighted by molar-refractivity contribution is 0.0937. The zero-order valence-electron chi connectivity index (χ0n) is 15.6. The summed E-state index contributed by atoms with van der Waals surface area (Å²) in [4.78, 5) is 19.6. The van der Waals surface area contributed by atoms with Crippen LogP contribution >= 0.6 is 0 Å². The van der Waals surface area contributed by atoms with Crippen molar-refractivity contribution in [1.29, 1.82) is 0 Å². The minimum Gasteiger partial charge on any atom is -0.351 e. The molecule has 1 unspecified atom stereocenters. The number of fused-ring (bicyclic) bond motifs is 1. The lowest BCUT2D eigenvalue weighted by Crippen LogP contribution is -2.43. The lowest BCUT2D eigenvalue weighted by atomic mass is 10.00. The number of benzene rings is 1. The number of amides is 1. The standard InChI is InChI=1S/C19H23N5O3S/c1-23-12-18(21-13-23)28(26,27)24-8-4-5-14(11-24)10-20-19(25)17-9-15-6-2-3-7-16(15)22-17/h2-3,6-7,9,12-14,22H,4-5,8,10-11H2,1H3,(H,20,25). The van der Waals surface area contributed by atoms with Gasteiger partial charge in [0.15, 0.2) is 5.03 Å². The molecule has 0 radical (unpaired) electrons. The second kappa shape index (κ2) is 7.40. The number of aromatic nitrogens is 3. The van der Waals surface area contributed by atoms with Gasteiger partial charge in [-0.15, -0.1) is 0 Å². The van der Waals surface area contributed by atoms with Gasteiger partial charge in [-0.2, -0.15) is 4.31 Å². The molecule has 3 aromatic rings. The van der Waals surface area contributed by atoms with Gasteiger partial charge in [-0.3, -0.25) is 4.79 Å². The molecule has 1 saturated heterocycles. The number of aryl methyl sites for hydroxylation is 1. The smallest absolute Gasteiger partial charge is 0.267 e. The molecule has 8 nitrogen and oxygen atoms in total. The fourth-order valence-electron chi connectivity index (χ4n) is 3.59. The Kier molecular flexibility index (Phi) is 4.94. The summed E-state index contributed by atoms with van der Waals surface area (Å²) in [7, 11) is -1.86. The molecule has 3 heterocycles. The monoisotopic (exact) mass is 401 g/mol. The van der Waals surface area contributed by atoms with Gasteiger partial charge in [-0.05, 0) is 30.9 Å². The normalized spacial score (nSPS) is 18.4. The van der Waals surface area contributed by atoms with E-state index in [2.05, 4.69) is 15.3 Å². The zero-order valence-corrected chi connectivity index (χ0v) is 16.4. The minimum absolute atomic E-state index is 0.0674. The number of aromatic amines is 1. The van der Waals surface area contributed by atoms with Crippen molar-refractivity contribution >= 4 is 26.8 Å². The van der Waals surface area contributed by atoms with Crippen LogP contribution in [0.2, 0.25) is 0 Å². The first-order valence-electron chi connectivity index (χ1n) is 9.27. The van der Waals surface area contributed by atoms with Crippen LogP contribution in [-0.4, -0.2) is 52.8 Å². The number of nitrogens with one attached hydrogen (secondary N) is 2. The van der Waals surface area contributed by atoms with E-state index < -0.39 is 10.0 Å². The second-order valence-corrected chi connectivity index (χ2v) is 9.11. The molecule has 0 spiro atoms. The molecule has 28 heavy (non-hydrogen) atoms. The Bertz CT molecular complexity index is 1070. The Morgan fingerprint density at radius 1 is 1.36 bits per heavy atom. The molecule has 0 aliphatic carbocycles. The Morgan fingerprint density at radius 2 is 2.18 bits per heavy atom. The Balaban J connectivity index is 1.39.